The van der Waals surface area contributed by atoms with E-state index in [4.69, 9.17) is 4.74 Å². The topological polar surface area (TPSA) is 49.8 Å². The van der Waals surface area contributed by atoms with Gasteiger partial charge in [0.25, 0.3) is 0 Å². The molecular weight excluding hydrogens is 304 g/mol. The van der Waals surface area contributed by atoms with Crippen LogP contribution in [-0.2, 0) is 9.53 Å². The molecule has 1 aromatic carbocycles. The number of aliphatic hydroxyl groups is 1. The Kier molecular flexibility index (Phi) is 6.47. The highest BCUT2D eigenvalue weighted by Crippen LogP contribution is 2.23. The lowest BCUT2D eigenvalue weighted by atomic mass is 9.97. The number of carbonyl (C=O) groups excluding carboxylic acids is 1. The molecule has 0 aliphatic carbocycles. The van der Waals surface area contributed by atoms with Crippen molar-refractivity contribution in [3.8, 4) is 0 Å². The first-order valence-electron chi connectivity index (χ1n) is 8.03. The highest BCUT2D eigenvalue weighted by molar-refractivity contribution is 5.72. The van der Waals surface area contributed by atoms with Gasteiger partial charge in [-0.15, -0.1) is 0 Å². The third kappa shape index (κ3) is 4.97. The van der Waals surface area contributed by atoms with Crippen LogP contribution in [0.2, 0.25) is 0 Å². The summed E-state index contributed by atoms with van der Waals surface area (Å²) in [5, 5.41) is 10.1. The summed E-state index contributed by atoms with van der Waals surface area (Å²) < 4.78 is 31.9. The van der Waals surface area contributed by atoms with Gasteiger partial charge in [0.15, 0.2) is 0 Å². The van der Waals surface area contributed by atoms with Crippen LogP contribution in [0.25, 0.3) is 0 Å². The predicted molar refractivity (Wildman–Crippen MR) is 81.7 cm³/mol. The Hall–Kier alpha value is -1.53. The van der Waals surface area contributed by atoms with Gasteiger partial charge in [0, 0.05) is 18.7 Å². The van der Waals surface area contributed by atoms with Gasteiger partial charge < -0.3 is 14.7 Å². The van der Waals surface area contributed by atoms with Crippen LogP contribution >= 0.6 is 0 Å². The summed E-state index contributed by atoms with van der Waals surface area (Å²) in [5.74, 6) is -1.51. The number of nitrogens with zero attached hydrogens (tertiary/aromatic N) is 1. The molecule has 2 unspecified atom stereocenters. The molecule has 1 fully saturated rings. The molecule has 1 saturated heterocycles. The van der Waals surface area contributed by atoms with Crippen molar-refractivity contribution in [3.63, 3.8) is 0 Å². The van der Waals surface area contributed by atoms with Gasteiger partial charge in [-0.2, -0.15) is 0 Å². The van der Waals surface area contributed by atoms with Crippen LogP contribution in [0.1, 0.15) is 37.9 Å². The number of hydrogen-bond donors (Lipinski definition) is 1. The molecule has 2 rings (SSSR count). The maximum atomic E-state index is 13.6. The standard InChI is InChI=1S/C17H23F2NO3/c1-2-23-17(22)12-4-3-8-20(11-12)9-7-16(21)14-10-13(18)5-6-15(14)19/h5-6,10,12,16,21H,2-4,7-9,11H2,1H3. The smallest absolute Gasteiger partial charge is 0.310 e. The van der Waals surface area contributed by atoms with Gasteiger partial charge in [0.05, 0.1) is 18.6 Å². The average Bonchev–Trinajstić information content (AvgIpc) is 2.55. The van der Waals surface area contributed by atoms with E-state index < -0.39 is 17.7 Å². The van der Waals surface area contributed by atoms with E-state index in [-0.39, 0.29) is 23.9 Å². The monoisotopic (exact) mass is 327 g/mol. The highest BCUT2D eigenvalue weighted by Gasteiger charge is 2.27. The summed E-state index contributed by atoms with van der Waals surface area (Å²) in [5.41, 5.74) is -0.0241. The van der Waals surface area contributed by atoms with Crippen LogP contribution in [0.15, 0.2) is 18.2 Å². The molecule has 1 aromatic rings. The molecule has 0 saturated carbocycles. The molecular formula is C17H23F2NO3. The SMILES string of the molecule is CCOC(=O)C1CCCN(CCC(O)c2cc(F)ccc2F)C1. The van der Waals surface area contributed by atoms with Crippen molar-refractivity contribution in [2.24, 2.45) is 5.92 Å². The molecule has 0 aromatic heterocycles. The first kappa shape index (κ1) is 17.8. The molecule has 23 heavy (non-hydrogen) atoms. The zero-order valence-corrected chi connectivity index (χ0v) is 13.3. The maximum absolute atomic E-state index is 13.6. The number of rotatable bonds is 6. The molecule has 128 valence electrons. The van der Waals surface area contributed by atoms with Gasteiger partial charge in [-0.1, -0.05) is 0 Å². The molecule has 0 radical (unpaired) electrons. The van der Waals surface area contributed by atoms with Crippen molar-refractivity contribution < 1.29 is 23.4 Å². The van der Waals surface area contributed by atoms with Crippen molar-refractivity contribution in [2.75, 3.05) is 26.2 Å². The van der Waals surface area contributed by atoms with Crippen LogP contribution in [0.3, 0.4) is 0 Å². The fourth-order valence-corrected chi connectivity index (χ4v) is 2.94. The Morgan fingerprint density at radius 1 is 1.48 bits per heavy atom. The predicted octanol–water partition coefficient (Wildman–Crippen LogP) is 2.66. The minimum Gasteiger partial charge on any atom is -0.466 e. The number of halogens is 2. The molecule has 2 atom stereocenters. The van der Waals surface area contributed by atoms with Crippen LogP contribution < -0.4 is 0 Å². The number of benzene rings is 1. The second-order valence-corrected chi connectivity index (χ2v) is 5.86. The van der Waals surface area contributed by atoms with Gasteiger partial charge in [0.1, 0.15) is 11.6 Å². The van der Waals surface area contributed by atoms with Crippen molar-refractivity contribution in [2.45, 2.75) is 32.3 Å². The Bertz CT molecular complexity index is 539. The fraction of sp³-hybridized carbons (Fsp3) is 0.588. The number of hydrogen-bond acceptors (Lipinski definition) is 4. The van der Waals surface area contributed by atoms with Crippen molar-refractivity contribution in [3.05, 3.63) is 35.4 Å². The molecule has 1 heterocycles. The van der Waals surface area contributed by atoms with E-state index in [1.54, 1.807) is 6.92 Å². The molecule has 4 nitrogen and oxygen atoms in total. The largest absolute Gasteiger partial charge is 0.466 e. The van der Waals surface area contributed by atoms with E-state index in [2.05, 4.69) is 4.90 Å². The normalized spacial score (nSPS) is 20.3. The van der Waals surface area contributed by atoms with Crippen molar-refractivity contribution in [1.29, 1.82) is 0 Å². The second-order valence-electron chi connectivity index (χ2n) is 5.86. The number of carbonyl (C=O) groups is 1. The van der Waals surface area contributed by atoms with E-state index in [0.29, 0.717) is 19.7 Å². The van der Waals surface area contributed by atoms with Crippen molar-refractivity contribution >= 4 is 5.97 Å². The average molecular weight is 327 g/mol. The summed E-state index contributed by atoms with van der Waals surface area (Å²) in [4.78, 5) is 13.9. The molecule has 6 heteroatoms. The second kappa shape index (κ2) is 8.36. The third-order valence-electron chi connectivity index (χ3n) is 4.16. The van der Waals surface area contributed by atoms with E-state index in [9.17, 15) is 18.7 Å². The molecule has 0 spiro atoms. The van der Waals surface area contributed by atoms with Crippen LogP contribution in [0, 0.1) is 17.6 Å². The Morgan fingerprint density at radius 3 is 3.00 bits per heavy atom. The number of likely N-dealkylation sites (tertiary alicyclic amines) is 1. The number of aliphatic hydroxyl groups excluding tert-OH is 1. The van der Waals surface area contributed by atoms with Gasteiger partial charge in [-0.05, 0) is 50.9 Å². The zero-order chi connectivity index (χ0) is 16.8. The quantitative estimate of drug-likeness (QED) is 0.816. The molecule has 1 aliphatic heterocycles. The fourth-order valence-electron chi connectivity index (χ4n) is 2.94. The summed E-state index contributed by atoms with van der Waals surface area (Å²) in [6, 6.07) is 3.07. The first-order valence-corrected chi connectivity index (χ1v) is 8.03. The lowest BCUT2D eigenvalue weighted by molar-refractivity contribution is -0.149. The summed E-state index contributed by atoms with van der Waals surface area (Å²) in [6.45, 7) is 4.08. The summed E-state index contributed by atoms with van der Waals surface area (Å²) in [7, 11) is 0. The minimum atomic E-state index is -1.06. The van der Waals surface area contributed by atoms with Crippen LogP contribution in [0.5, 0.6) is 0 Å². The van der Waals surface area contributed by atoms with Gasteiger partial charge in [-0.25, -0.2) is 8.78 Å². The Balaban J connectivity index is 1.87. The zero-order valence-electron chi connectivity index (χ0n) is 13.3. The number of esters is 1. The number of piperidine rings is 1. The lowest BCUT2D eigenvalue weighted by Crippen LogP contribution is -2.40. The number of ether oxygens (including phenoxy) is 1. The van der Waals surface area contributed by atoms with Crippen molar-refractivity contribution in [1.82, 2.24) is 4.90 Å². The summed E-state index contributed by atoms with van der Waals surface area (Å²) in [6.07, 6.45) is 0.911. The van der Waals surface area contributed by atoms with E-state index in [1.807, 2.05) is 0 Å². The van der Waals surface area contributed by atoms with Crippen LogP contribution in [-0.4, -0.2) is 42.2 Å². The van der Waals surface area contributed by atoms with E-state index >= 15 is 0 Å². The minimum absolute atomic E-state index is 0.0241. The third-order valence-corrected chi connectivity index (χ3v) is 4.16. The highest BCUT2D eigenvalue weighted by atomic mass is 19.1. The molecule has 1 N–H and O–H groups in total. The molecule has 0 amide bonds. The first-order chi connectivity index (χ1) is 11.0. The van der Waals surface area contributed by atoms with Gasteiger partial charge >= 0.3 is 5.97 Å². The van der Waals surface area contributed by atoms with E-state index in [1.165, 1.54) is 0 Å². The molecule has 1 aliphatic rings. The lowest BCUT2D eigenvalue weighted by Gasteiger charge is -2.32. The molecule has 0 bridgehead atoms. The van der Waals surface area contributed by atoms with E-state index in [0.717, 1.165) is 37.6 Å². The van der Waals surface area contributed by atoms with Gasteiger partial charge in [0.2, 0.25) is 0 Å². The Morgan fingerprint density at radius 2 is 2.26 bits per heavy atom. The maximum Gasteiger partial charge on any atom is 0.310 e. The summed E-state index contributed by atoms with van der Waals surface area (Å²) >= 11 is 0. The Labute approximate surface area is 135 Å². The van der Waals surface area contributed by atoms with Crippen LogP contribution in [0.4, 0.5) is 8.78 Å². The van der Waals surface area contributed by atoms with Gasteiger partial charge in [-0.3, -0.25) is 4.79 Å².